The first-order valence-corrected chi connectivity index (χ1v) is 11.2. The molecule has 1 amide bonds. The lowest BCUT2D eigenvalue weighted by Crippen LogP contribution is -2.33. The van der Waals surface area contributed by atoms with Crippen molar-refractivity contribution in [2.75, 3.05) is 5.32 Å². The number of carbonyl (C=O) groups excluding carboxylic acids is 1. The molecule has 1 aliphatic carbocycles. The van der Waals surface area contributed by atoms with Gasteiger partial charge in [-0.25, -0.2) is 9.67 Å². The van der Waals surface area contributed by atoms with E-state index in [2.05, 4.69) is 29.5 Å². The number of thiazole rings is 1. The van der Waals surface area contributed by atoms with Crippen LogP contribution >= 0.6 is 11.3 Å². The fourth-order valence-electron chi connectivity index (χ4n) is 3.52. The summed E-state index contributed by atoms with van der Waals surface area (Å²) in [5, 5.41) is 8.25. The third-order valence-corrected chi connectivity index (χ3v) is 6.60. The summed E-state index contributed by atoms with van der Waals surface area (Å²) >= 11 is 1.65. The molecule has 4 aromatic rings. The van der Waals surface area contributed by atoms with Crippen molar-refractivity contribution in [3.05, 3.63) is 76.2 Å². The molecule has 2 heterocycles. The number of benzene rings is 2. The summed E-state index contributed by atoms with van der Waals surface area (Å²) in [6.45, 7) is 3.76. The Labute approximate surface area is 183 Å². The Balaban J connectivity index is 1.32. The van der Waals surface area contributed by atoms with Crippen molar-refractivity contribution < 1.29 is 4.79 Å². The topological polar surface area (TPSA) is 76.9 Å². The molecule has 0 aliphatic heterocycles. The Morgan fingerprint density at radius 1 is 1.13 bits per heavy atom. The van der Waals surface area contributed by atoms with Crippen LogP contribution < -0.4 is 10.9 Å². The van der Waals surface area contributed by atoms with E-state index in [9.17, 15) is 9.59 Å². The van der Waals surface area contributed by atoms with E-state index < -0.39 is 6.04 Å². The number of nitrogens with one attached hydrogen (secondary N) is 1. The zero-order chi connectivity index (χ0) is 21.5. The standard InChI is InChI=1S/C24H22N4O2S/c1-14-3-10-20-21(13-14)31-24(26-20)17-6-8-18(9-7-17)25-23(30)15(2)28-22(29)12-11-19(27-28)16-4-5-16/h3,6-13,15-16H,4-5H2,1-2H3,(H,25,30). The molecule has 1 atom stereocenters. The lowest BCUT2D eigenvalue weighted by molar-refractivity contribution is -0.119. The number of hydrogen-bond acceptors (Lipinski definition) is 5. The Morgan fingerprint density at radius 3 is 2.65 bits per heavy atom. The highest BCUT2D eigenvalue weighted by molar-refractivity contribution is 7.21. The molecule has 0 saturated heterocycles. The second-order valence-electron chi connectivity index (χ2n) is 8.05. The first-order chi connectivity index (χ1) is 15.0. The van der Waals surface area contributed by atoms with Crippen LogP contribution in [0.15, 0.2) is 59.4 Å². The van der Waals surface area contributed by atoms with Gasteiger partial charge in [-0.15, -0.1) is 11.3 Å². The van der Waals surface area contributed by atoms with Crippen LogP contribution in [-0.2, 0) is 4.79 Å². The first kappa shape index (κ1) is 19.6. The minimum absolute atomic E-state index is 0.270. The second kappa shape index (κ2) is 7.74. The molecule has 2 aromatic carbocycles. The van der Waals surface area contributed by atoms with Crippen molar-refractivity contribution in [1.82, 2.24) is 14.8 Å². The molecule has 0 radical (unpaired) electrons. The molecular formula is C24H22N4O2S. The maximum Gasteiger partial charge on any atom is 0.267 e. The normalized spacial score (nSPS) is 14.5. The number of hydrogen-bond donors (Lipinski definition) is 1. The number of aryl methyl sites for hydroxylation is 1. The minimum Gasteiger partial charge on any atom is -0.324 e. The van der Waals surface area contributed by atoms with Gasteiger partial charge >= 0.3 is 0 Å². The average molecular weight is 431 g/mol. The quantitative estimate of drug-likeness (QED) is 0.488. The molecule has 1 aliphatic rings. The van der Waals surface area contributed by atoms with E-state index in [1.807, 2.05) is 30.3 Å². The summed E-state index contributed by atoms with van der Waals surface area (Å²) in [5.74, 6) is 0.145. The lowest BCUT2D eigenvalue weighted by Gasteiger charge is -2.15. The molecular weight excluding hydrogens is 408 g/mol. The van der Waals surface area contributed by atoms with Crippen LogP contribution in [-0.4, -0.2) is 20.7 Å². The largest absolute Gasteiger partial charge is 0.324 e. The molecule has 31 heavy (non-hydrogen) atoms. The van der Waals surface area contributed by atoms with Gasteiger partial charge in [0, 0.05) is 23.2 Å². The molecule has 1 saturated carbocycles. The van der Waals surface area contributed by atoms with E-state index in [1.54, 1.807) is 24.3 Å². The Kier molecular flexibility index (Phi) is 4.90. The number of rotatable bonds is 5. The summed E-state index contributed by atoms with van der Waals surface area (Å²) in [7, 11) is 0. The van der Waals surface area contributed by atoms with Crippen LogP contribution in [0.4, 0.5) is 5.69 Å². The zero-order valence-electron chi connectivity index (χ0n) is 17.3. The molecule has 1 N–H and O–H groups in total. The van der Waals surface area contributed by atoms with Gasteiger partial charge in [-0.2, -0.15) is 5.10 Å². The number of nitrogens with zero attached hydrogens (tertiary/aromatic N) is 3. The number of amides is 1. The fraction of sp³-hybridized carbons (Fsp3) is 0.250. The molecule has 5 rings (SSSR count). The summed E-state index contributed by atoms with van der Waals surface area (Å²) in [6, 6.07) is 16.4. The van der Waals surface area contributed by atoms with Crippen molar-refractivity contribution in [3.63, 3.8) is 0 Å². The van der Waals surface area contributed by atoms with Crippen LogP contribution in [0.3, 0.4) is 0 Å². The predicted molar refractivity (Wildman–Crippen MR) is 124 cm³/mol. The smallest absolute Gasteiger partial charge is 0.267 e. The molecule has 1 unspecified atom stereocenters. The van der Waals surface area contributed by atoms with E-state index in [1.165, 1.54) is 16.3 Å². The van der Waals surface area contributed by atoms with Crippen LogP contribution in [0.2, 0.25) is 0 Å². The Morgan fingerprint density at radius 2 is 1.90 bits per heavy atom. The molecule has 7 heteroatoms. The van der Waals surface area contributed by atoms with Crippen molar-refractivity contribution >= 4 is 33.1 Å². The highest BCUT2D eigenvalue weighted by atomic mass is 32.1. The fourth-order valence-corrected chi connectivity index (χ4v) is 4.59. The van der Waals surface area contributed by atoms with Gasteiger partial charge in [0.15, 0.2) is 0 Å². The van der Waals surface area contributed by atoms with E-state index in [4.69, 9.17) is 4.98 Å². The van der Waals surface area contributed by atoms with Gasteiger partial charge < -0.3 is 5.32 Å². The monoisotopic (exact) mass is 430 g/mol. The SMILES string of the molecule is Cc1ccc2nc(-c3ccc(NC(=O)C(C)n4nc(C5CC5)ccc4=O)cc3)sc2c1. The van der Waals surface area contributed by atoms with E-state index in [0.29, 0.717) is 11.6 Å². The number of anilines is 1. The van der Waals surface area contributed by atoms with Crippen LogP contribution in [0, 0.1) is 6.92 Å². The number of fused-ring (bicyclic) bond motifs is 1. The summed E-state index contributed by atoms with van der Waals surface area (Å²) in [4.78, 5) is 29.7. The lowest BCUT2D eigenvalue weighted by atomic mass is 10.2. The summed E-state index contributed by atoms with van der Waals surface area (Å²) in [5.41, 5.74) is 4.49. The van der Waals surface area contributed by atoms with Gasteiger partial charge in [0.25, 0.3) is 5.56 Å². The third kappa shape index (κ3) is 4.01. The van der Waals surface area contributed by atoms with E-state index in [-0.39, 0.29) is 11.5 Å². The molecule has 6 nitrogen and oxygen atoms in total. The zero-order valence-corrected chi connectivity index (χ0v) is 18.1. The van der Waals surface area contributed by atoms with Crippen molar-refractivity contribution in [3.8, 4) is 10.6 Å². The summed E-state index contributed by atoms with van der Waals surface area (Å²) in [6.07, 6.45) is 2.18. The van der Waals surface area contributed by atoms with Crippen molar-refractivity contribution in [2.45, 2.75) is 38.6 Å². The number of carbonyl (C=O) groups is 1. The Hall–Kier alpha value is -3.32. The Bertz CT molecular complexity index is 1340. The van der Waals surface area contributed by atoms with Gasteiger partial charge in [0.1, 0.15) is 11.0 Å². The summed E-state index contributed by atoms with van der Waals surface area (Å²) < 4.78 is 2.44. The maximum atomic E-state index is 12.7. The van der Waals surface area contributed by atoms with Gasteiger partial charge in [-0.1, -0.05) is 6.07 Å². The predicted octanol–water partition coefficient (Wildman–Crippen LogP) is 4.91. The molecule has 0 bridgehead atoms. The number of aromatic nitrogens is 3. The van der Waals surface area contributed by atoms with E-state index >= 15 is 0 Å². The van der Waals surface area contributed by atoms with Crippen LogP contribution in [0.1, 0.15) is 43.0 Å². The van der Waals surface area contributed by atoms with Crippen LogP contribution in [0.25, 0.3) is 20.8 Å². The molecule has 1 fully saturated rings. The van der Waals surface area contributed by atoms with Crippen LogP contribution in [0.5, 0.6) is 0 Å². The average Bonchev–Trinajstić information content (AvgIpc) is 3.53. The van der Waals surface area contributed by atoms with Gasteiger partial charge in [0.2, 0.25) is 5.91 Å². The van der Waals surface area contributed by atoms with Gasteiger partial charge in [-0.05, 0) is 74.7 Å². The third-order valence-electron chi connectivity index (χ3n) is 5.53. The highest BCUT2D eigenvalue weighted by Gasteiger charge is 2.27. The maximum absolute atomic E-state index is 12.7. The molecule has 2 aromatic heterocycles. The highest BCUT2D eigenvalue weighted by Crippen LogP contribution is 2.38. The van der Waals surface area contributed by atoms with Crippen molar-refractivity contribution in [2.24, 2.45) is 0 Å². The minimum atomic E-state index is -0.696. The molecule has 0 spiro atoms. The van der Waals surface area contributed by atoms with Crippen molar-refractivity contribution in [1.29, 1.82) is 0 Å². The second-order valence-corrected chi connectivity index (χ2v) is 9.08. The van der Waals surface area contributed by atoms with Gasteiger partial charge in [-0.3, -0.25) is 9.59 Å². The first-order valence-electron chi connectivity index (χ1n) is 10.4. The van der Waals surface area contributed by atoms with E-state index in [0.717, 1.165) is 39.3 Å². The van der Waals surface area contributed by atoms with Gasteiger partial charge in [0.05, 0.1) is 15.9 Å². The molecule has 156 valence electrons.